The minimum absolute atomic E-state index is 0.0881. The number of carbonyl (C=O) groups excluding carboxylic acids is 1. The Hall–Kier alpha value is -2.45. The lowest BCUT2D eigenvalue weighted by atomic mass is 9.99. The summed E-state index contributed by atoms with van der Waals surface area (Å²) in [5, 5.41) is 0.864. The molecule has 126 valence electrons. The standard InChI is InChI=1S/C19H21NO4/c1-3-10-23-13-14-6-5-9-20(12-14)19(21)17-11-15-7-4-8-16(22-2)18(15)24-17/h1,4,7-8,11,14H,5-6,9-10,12-13H2,2H3. The Kier molecular flexibility index (Phi) is 5.07. The number of para-hydroxylation sites is 1. The van der Waals surface area contributed by atoms with Crippen LogP contribution >= 0.6 is 0 Å². The predicted octanol–water partition coefficient (Wildman–Crippen LogP) is 2.94. The van der Waals surface area contributed by atoms with Gasteiger partial charge >= 0.3 is 0 Å². The molecule has 1 aromatic heterocycles. The molecule has 24 heavy (non-hydrogen) atoms. The second kappa shape index (κ2) is 7.41. The number of piperidine rings is 1. The largest absolute Gasteiger partial charge is 0.493 e. The van der Waals surface area contributed by atoms with Crippen LogP contribution in [0, 0.1) is 18.3 Å². The predicted molar refractivity (Wildman–Crippen MR) is 91.0 cm³/mol. The van der Waals surface area contributed by atoms with Crippen LogP contribution in [0.1, 0.15) is 23.4 Å². The maximum atomic E-state index is 12.8. The molecule has 2 heterocycles. The van der Waals surface area contributed by atoms with Gasteiger partial charge < -0.3 is 18.8 Å². The first-order chi connectivity index (χ1) is 11.7. The van der Waals surface area contributed by atoms with Crippen molar-refractivity contribution in [1.82, 2.24) is 4.90 Å². The van der Waals surface area contributed by atoms with Crippen LogP contribution in [0.25, 0.3) is 11.0 Å². The maximum absolute atomic E-state index is 12.8. The molecule has 0 N–H and O–H groups in total. The molecule has 3 rings (SSSR count). The van der Waals surface area contributed by atoms with Gasteiger partial charge in [0.2, 0.25) is 0 Å². The van der Waals surface area contributed by atoms with Crippen molar-refractivity contribution in [3.63, 3.8) is 0 Å². The number of furan rings is 1. The molecule has 1 aromatic carbocycles. The Morgan fingerprint density at radius 1 is 1.50 bits per heavy atom. The zero-order chi connectivity index (χ0) is 16.9. The Morgan fingerprint density at radius 3 is 3.17 bits per heavy atom. The maximum Gasteiger partial charge on any atom is 0.289 e. The number of terminal acetylenes is 1. The Morgan fingerprint density at radius 2 is 2.38 bits per heavy atom. The van der Waals surface area contributed by atoms with Gasteiger partial charge in [-0.2, -0.15) is 0 Å². The average molecular weight is 327 g/mol. The van der Waals surface area contributed by atoms with E-state index in [0.29, 0.717) is 42.8 Å². The van der Waals surface area contributed by atoms with Crippen molar-refractivity contribution in [2.24, 2.45) is 5.92 Å². The number of amides is 1. The second-order valence-corrected chi connectivity index (χ2v) is 5.97. The molecule has 1 atom stereocenters. The topological polar surface area (TPSA) is 51.9 Å². The summed E-state index contributed by atoms with van der Waals surface area (Å²) < 4.78 is 16.5. The summed E-state index contributed by atoms with van der Waals surface area (Å²) in [7, 11) is 1.59. The number of likely N-dealkylation sites (tertiary alicyclic amines) is 1. The summed E-state index contributed by atoms with van der Waals surface area (Å²) >= 11 is 0. The number of nitrogens with zero attached hydrogens (tertiary/aromatic N) is 1. The fourth-order valence-corrected chi connectivity index (χ4v) is 3.13. The van der Waals surface area contributed by atoms with Gasteiger partial charge in [-0.15, -0.1) is 6.42 Å². The molecule has 5 heteroatoms. The molecule has 0 saturated carbocycles. The van der Waals surface area contributed by atoms with Gasteiger partial charge in [0.25, 0.3) is 5.91 Å². The molecule has 1 aliphatic heterocycles. The van der Waals surface area contributed by atoms with Gasteiger partial charge in [-0.05, 0) is 25.0 Å². The fraction of sp³-hybridized carbons (Fsp3) is 0.421. The lowest BCUT2D eigenvalue weighted by Gasteiger charge is -2.31. The molecule has 5 nitrogen and oxygen atoms in total. The molecule has 2 aromatic rings. The average Bonchev–Trinajstić information content (AvgIpc) is 3.05. The van der Waals surface area contributed by atoms with Crippen LogP contribution < -0.4 is 4.74 Å². The molecule has 1 unspecified atom stereocenters. The van der Waals surface area contributed by atoms with Gasteiger partial charge in [-0.1, -0.05) is 18.1 Å². The number of hydrogen-bond acceptors (Lipinski definition) is 4. The van der Waals surface area contributed by atoms with Crippen LogP contribution in [0.2, 0.25) is 0 Å². The zero-order valence-electron chi connectivity index (χ0n) is 13.8. The first kappa shape index (κ1) is 16.4. The van der Waals surface area contributed by atoms with E-state index in [1.165, 1.54) is 0 Å². The van der Waals surface area contributed by atoms with Gasteiger partial charge in [0, 0.05) is 24.4 Å². The third-order valence-corrected chi connectivity index (χ3v) is 4.28. The van der Waals surface area contributed by atoms with Crippen LogP contribution in [0.3, 0.4) is 0 Å². The van der Waals surface area contributed by atoms with Gasteiger partial charge in [0.05, 0.1) is 13.7 Å². The van der Waals surface area contributed by atoms with E-state index < -0.39 is 0 Å². The van der Waals surface area contributed by atoms with Crippen LogP contribution in [0.5, 0.6) is 5.75 Å². The van der Waals surface area contributed by atoms with Crippen LogP contribution in [-0.2, 0) is 4.74 Å². The van der Waals surface area contributed by atoms with E-state index in [1.807, 2.05) is 23.1 Å². The van der Waals surface area contributed by atoms with Gasteiger partial charge in [0.15, 0.2) is 17.1 Å². The normalized spacial score (nSPS) is 17.7. The van der Waals surface area contributed by atoms with Gasteiger partial charge in [-0.25, -0.2) is 0 Å². The minimum Gasteiger partial charge on any atom is -0.493 e. The lowest BCUT2D eigenvalue weighted by molar-refractivity contribution is 0.0510. The number of fused-ring (bicyclic) bond motifs is 1. The smallest absolute Gasteiger partial charge is 0.289 e. The van der Waals surface area contributed by atoms with E-state index >= 15 is 0 Å². The highest BCUT2D eigenvalue weighted by atomic mass is 16.5. The zero-order valence-corrected chi connectivity index (χ0v) is 13.8. The van der Waals surface area contributed by atoms with E-state index in [4.69, 9.17) is 20.3 Å². The molecule has 1 aliphatic rings. The van der Waals surface area contributed by atoms with Gasteiger partial charge in [0.1, 0.15) is 6.61 Å². The van der Waals surface area contributed by atoms with E-state index in [9.17, 15) is 4.79 Å². The molecule has 0 spiro atoms. The number of carbonyl (C=O) groups is 1. The van der Waals surface area contributed by atoms with Gasteiger partial charge in [-0.3, -0.25) is 4.79 Å². The lowest BCUT2D eigenvalue weighted by Crippen LogP contribution is -2.41. The molecule has 1 saturated heterocycles. The van der Waals surface area contributed by atoms with Crippen molar-refractivity contribution in [2.75, 3.05) is 33.4 Å². The molecule has 0 bridgehead atoms. The van der Waals surface area contributed by atoms with Crippen LogP contribution in [-0.4, -0.2) is 44.2 Å². The van der Waals surface area contributed by atoms with Crippen molar-refractivity contribution in [3.05, 3.63) is 30.0 Å². The number of ether oxygens (including phenoxy) is 2. The van der Waals surface area contributed by atoms with Crippen molar-refractivity contribution < 1.29 is 18.7 Å². The second-order valence-electron chi connectivity index (χ2n) is 5.97. The first-order valence-electron chi connectivity index (χ1n) is 8.10. The highest BCUT2D eigenvalue weighted by Crippen LogP contribution is 2.29. The highest BCUT2D eigenvalue weighted by molar-refractivity contribution is 5.97. The third-order valence-electron chi connectivity index (χ3n) is 4.28. The Balaban J connectivity index is 1.73. The summed E-state index contributed by atoms with van der Waals surface area (Å²) in [5.41, 5.74) is 0.606. The van der Waals surface area contributed by atoms with Crippen LogP contribution in [0.4, 0.5) is 0 Å². The SMILES string of the molecule is C#CCOCC1CCCN(C(=O)c2cc3cccc(OC)c3o2)C1. The highest BCUT2D eigenvalue weighted by Gasteiger charge is 2.27. The molecule has 1 amide bonds. The van der Waals surface area contributed by atoms with E-state index in [1.54, 1.807) is 13.2 Å². The molecule has 0 aliphatic carbocycles. The molecule has 1 fully saturated rings. The van der Waals surface area contributed by atoms with E-state index in [2.05, 4.69) is 5.92 Å². The molecular weight excluding hydrogens is 306 g/mol. The van der Waals surface area contributed by atoms with E-state index in [0.717, 1.165) is 24.8 Å². The van der Waals surface area contributed by atoms with Crippen molar-refractivity contribution in [3.8, 4) is 18.1 Å². The molecular formula is C19H21NO4. The Bertz CT molecular complexity index is 758. The van der Waals surface area contributed by atoms with Crippen molar-refractivity contribution >= 4 is 16.9 Å². The number of rotatable bonds is 5. The number of benzene rings is 1. The summed E-state index contributed by atoms with van der Waals surface area (Å²) in [4.78, 5) is 14.6. The van der Waals surface area contributed by atoms with Crippen molar-refractivity contribution in [1.29, 1.82) is 0 Å². The summed E-state index contributed by atoms with van der Waals surface area (Å²) in [6.07, 6.45) is 7.20. The summed E-state index contributed by atoms with van der Waals surface area (Å²) in [5.74, 6) is 3.67. The fourth-order valence-electron chi connectivity index (χ4n) is 3.13. The number of methoxy groups -OCH3 is 1. The summed E-state index contributed by atoms with van der Waals surface area (Å²) in [6, 6.07) is 7.38. The monoisotopic (exact) mass is 327 g/mol. The minimum atomic E-state index is -0.0881. The number of hydrogen-bond donors (Lipinski definition) is 0. The quantitative estimate of drug-likeness (QED) is 0.626. The van der Waals surface area contributed by atoms with Crippen molar-refractivity contribution in [2.45, 2.75) is 12.8 Å². The van der Waals surface area contributed by atoms with Crippen LogP contribution in [0.15, 0.2) is 28.7 Å². The van der Waals surface area contributed by atoms with E-state index in [-0.39, 0.29) is 5.91 Å². The Labute approximate surface area is 141 Å². The molecule has 0 radical (unpaired) electrons. The summed E-state index contributed by atoms with van der Waals surface area (Å²) in [6.45, 7) is 2.30. The first-order valence-corrected chi connectivity index (χ1v) is 8.10. The third kappa shape index (κ3) is 3.39.